The number of rotatable bonds is 6. The van der Waals surface area contributed by atoms with Crippen LogP contribution in [0.3, 0.4) is 0 Å². The number of carbonyl (C=O) groups excluding carboxylic acids is 1. The van der Waals surface area contributed by atoms with Crippen molar-refractivity contribution in [2.24, 2.45) is 0 Å². The molecular weight excluding hydrogens is 366 g/mol. The maximum atomic E-state index is 12.1. The van der Waals surface area contributed by atoms with Crippen molar-refractivity contribution in [3.8, 4) is 0 Å². The Balaban J connectivity index is 1.81. The molecule has 7 nitrogen and oxygen atoms in total. The lowest BCUT2D eigenvalue weighted by molar-refractivity contribution is -0.385. The Morgan fingerprint density at radius 3 is 2.59 bits per heavy atom. The van der Waals surface area contributed by atoms with E-state index in [9.17, 15) is 14.9 Å². The average molecular weight is 396 g/mol. The molecule has 8 heteroatoms. The molecule has 0 aliphatic carbocycles. The van der Waals surface area contributed by atoms with Crippen molar-refractivity contribution < 1.29 is 14.5 Å². The second-order valence-corrected chi connectivity index (χ2v) is 8.58. The molecule has 1 fully saturated rings. The van der Waals surface area contributed by atoms with E-state index in [1.54, 1.807) is 28.8 Å². The van der Waals surface area contributed by atoms with Crippen LogP contribution in [-0.2, 0) is 11.2 Å². The van der Waals surface area contributed by atoms with Gasteiger partial charge in [-0.05, 0) is 65.0 Å². The van der Waals surface area contributed by atoms with Crippen LogP contribution in [0.2, 0.25) is 0 Å². The quantitative estimate of drug-likeness (QED) is 0.447. The van der Waals surface area contributed by atoms with Crippen LogP contribution in [0, 0.1) is 10.1 Å². The zero-order valence-corrected chi connectivity index (χ0v) is 17.3. The van der Waals surface area contributed by atoms with Gasteiger partial charge >= 0.3 is 6.09 Å². The van der Waals surface area contributed by atoms with Gasteiger partial charge in [0.25, 0.3) is 5.69 Å². The first-order chi connectivity index (χ1) is 12.7. The summed E-state index contributed by atoms with van der Waals surface area (Å²) in [5.74, 6) is 0. The van der Waals surface area contributed by atoms with Crippen LogP contribution >= 0.6 is 11.8 Å². The van der Waals surface area contributed by atoms with Gasteiger partial charge in [0.1, 0.15) is 5.60 Å². The Hall–Kier alpha value is -1.80. The van der Waals surface area contributed by atoms with E-state index >= 15 is 0 Å². The molecule has 0 unspecified atom stereocenters. The molecule has 27 heavy (non-hydrogen) atoms. The molecule has 150 valence electrons. The number of piperidine rings is 1. The summed E-state index contributed by atoms with van der Waals surface area (Å²) in [5.41, 5.74) is 0.451. The maximum absolute atomic E-state index is 12.1. The molecule has 1 heterocycles. The van der Waals surface area contributed by atoms with Crippen LogP contribution in [0.4, 0.5) is 10.5 Å². The second-order valence-electron chi connectivity index (χ2n) is 7.70. The van der Waals surface area contributed by atoms with Crippen LogP contribution in [0.1, 0.15) is 39.2 Å². The molecule has 2 rings (SSSR count). The Bertz CT molecular complexity index is 667. The molecule has 0 spiro atoms. The number of hydrogen-bond acceptors (Lipinski definition) is 6. The molecule has 0 aromatic heterocycles. The lowest BCUT2D eigenvalue weighted by atomic mass is 10.0. The van der Waals surface area contributed by atoms with E-state index in [0.717, 1.165) is 23.3 Å². The molecule has 1 aliphatic rings. The Morgan fingerprint density at radius 2 is 2.04 bits per heavy atom. The van der Waals surface area contributed by atoms with Crippen molar-refractivity contribution in [2.45, 2.75) is 56.6 Å². The molecule has 1 aromatic carbocycles. The predicted molar refractivity (Wildman–Crippen MR) is 107 cm³/mol. The monoisotopic (exact) mass is 395 g/mol. The third kappa shape index (κ3) is 6.70. The third-order valence-electron chi connectivity index (χ3n) is 4.46. The number of nitrogens with zero attached hydrogens (tertiary/aromatic N) is 2. The topological polar surface area (TPSA) is 84.7 Å². The first-order valence-electron chi connectivity index (χ1n) is 9.22. The summed E-state index contributed by atoms with van der Waals surface area (Å²) in [4.78, 5) is 25.8. The van der Waals surface area contributed by atoms with E-state index in [0.29, 0.717) is 32.1 Å². The van der Waals surface area contributed by atoms with Crippen molar-refractivity contribution >= 4 is 23.5 Å². The lowest BCUT2D eigenvalue weighted by Crippen LogP contribution is -2.46. The summed E-state index contributed by atoms with van der Waals surface area (Å²) in [6.07, 6.45) is 4.02. The first kappa shape index (κ1) is 21.5. The van der Waals surface area contributed by atoms with Gasteiger partial charge in [0.05, 0.1) is 4.92 Å². The van der Waals surface area contributed by atoms with Crippen molar-refractivity contribution in [1.82, 2.24) is 10.2 Å². The Labute approximate surface area is 165 Å². The average Bonchev–Trinajstić information content (AvgIpc) is 2.60. The fourth-order valence-electron chi connectivity index (χ4n) is 3.07. The minimum Gasteiger partial charge on any atom is -0.444 e. The van der Waals surface area contributed by atoms with Crippen LogP contribution < -0.4 is 5.32 Å². The smallest absolute Gasteiger partial charge is 0.410 e. The minimum atomic E-state index is -0.480. The summed E-state index contributed by atoms with van der Waals surface area (Å²) >= 11 is 1.58. The number of likely N-dealkylation sites (tertiary alicyclic amines) is 1. The van der Waals surface area contributed by atoms with Crippen molar-refractivity contribution in [3.63, 3.8) is 0 Å². The van der Waals surface area contributed by atoms with Crippen LogP contribution in [0.15, 0.2) is 23.1 Å². The van der Waals surface area contributed by atoms with Gasteiger partial charge in [0.15, 0.2) is 0 Å². The highest BCUT2D eigenvalue weighted by Crippen LogP contribution is 2.25. The van der Waals surface area contributed by atoms with E-state index in [1.807, 2.05) is 33.1 Å². The van der Waals surface area contributed by atoms with Crippen LogP contribution in [-0.4, -0.2) is 53.4 Å². The number of nitro groups is 1. The molecule has 0 saturated carbocycles. The largest absolute Gasteiger partial charge is 0.444 e. The van der Waals surface area contributed by atoms with Gasteiger partial charge < -0.3 is 15.0 Å². The number of nitrogens with one attached hydrogen (secondary N) is 1. The predicted octanol–water partition coefficient (Wildman–Crippen LogP) is 3.85. The number of benzene rings is 1. The number of carbonyl (C=O) groups is 1. The second kappa shape index (κ2) is 9.41. The SMILES string of the molecule is CSc1ccc([N+](=O)[O-])c(CCNC2CCN(C(=O)OC(C)(C)C)CC2)c1. The maximum Gasteiger partial charge on any atom is 0.410 e. The first-order valence-corrected chi connectivity index (χ1v) is 10.4. The van der Waals surface area contributed by atoms with Gasteiger partial charge in [-0.2, -0.15) is 0 Å². The number of ether oxygens (including phenoxy) is 1. The van der Waals surface area contributed by atoms with Crippen LogP contribution in [0.25, 0.3) is 0 Å². The zero-order valence-electron chi connectivity index (χ0n) is 16.5. The molecule has 1 aliphatic heterocycles. The Morgan fingerprint density at radius 1 is 1.37 bits per heavy atom. The van der Waals surface area contributed by atoms with Crippen LogP contribution in [0.5, 0.6) is 0 Å². The molecule has 1 aromatic rings. The summed E-state index contributed by atoms with van der Waals surface area (Å²) in [6.45, 7) is 7.60. The molecular formula is C19H29N3O4S. The van der Waals surface area contributed by atoms with Gasteiger partial charge in [-0.25, -0.2) is 4.79 Å². The molecule has 0 bridgehead atoms. The van der Waals surface area contributed by atoms with Gasteiger partial charge in [0, 0.05) is 35.7 Å². The molecule has 1 saturated heterocycles. The van der Waals surface area contributed by atoms with Crippen molar-refractivity contribution in [2.75, 3.05) is 25.9 Å². The van der Waals surface area contributed by atoms with E-state index in [2.05, 4.69) is 5.32 Å². The molecule has 0 radical (unpaired) electrons. The summed E-state index contributed by atoms with van der Waals surface area (Å²) in [5, 5.41) is 14.7. The molecule has 1 amide bonds. The molecule has 1 N–H and O–H groups in total. The summed E-state index contributed by atoms with van der Waals surface area (Å²) in [7, 11) is 0. The number of hydrogen-bond donors (Lipinski definition) is 1. The highest BCUT2D eigenvalue weighted by atomic mass is 32.2. The number of amides is 1. The van der Waals surface area contributed by atoms with Gasteiger partial charge in [0.2, 0.25) is 0 Å². The summed E-state index contributed by atoms with van der Waals surface area (Å²) in [6, 6.07) is 5.58. The third-order valence-corrected chi connectivity index (χ3v) is 5.18. The zero-order chi connectivity index (χ0) is 20.0. The van der Waals surface area contributed by atoms with E-state index in [4.69, 9.17) is 4.74 Å². The van der Waals surface area contributed by atoms with Gasteiger partial charge in [-0.3, -0.25) is 10.1 Å². The number of nitro benzene ring substituents is 1. The highest BCUT2D eigenvalue weighted by molar-refractivity contribution is 7.98. The van der Waals surface area contributed by atoms with E-state index in [1.165, 1.54) is 0 Å². The molecule has 0 atom stereocenters. The fourth-order valence-corrected chi connectivity index (χ4v) is 3.54. The van der Waals surface area contributed by atoms with Crippen molar-refractivity contribution in [3.05, 3.63) is 33.9 Å². The van der Waals surface area contributed by atoms with E-state index < -0.39 is 5.60 Å². The normalized spacial score (nSPS) is 15.6. The standard InChI is InChI=1S/C19H29N3O4S/c1-19(2,3)26-18(23)21-11-8-15(9-12-21)20-10-7-14-13-16(27-4)5-6-17(14)22(24)25/h5-6,13,15,20H,7-12H2,1-4H3. The van der Waals surface area contributed by atoms with Gasteiger partial charge in [-0.1, -0.05) is 0 Å². The fraction of sp³-hybridized carbons (Fsp3) is 0.632. The Kier molecular flexibility index (Phi) is 7.49. The lowest BCUT2D eigenvalue weighted by Gasteiger charge is -2.33. The van der Waals surface area contributed by atoms with Crippen molar-refractivity contribution in [1.29, 1.82) is 0 Å². The van der Waals surface area contributed by atoms with E-state index in [-0.39, 0.29) is 16.7 Å². The minimum absolute atomic E-state index is 0.175. The van der Waals surface area contributed by atoms with Gasteiger partial charge in [-0.15, -0.1) is 11.8 Å². The highest BCUT2D eigenvalue weighted by Gasteiger charge is 2.26. The summed E-state index contributed by atoms with van der Waals surface area (Å²) < 4.78 is 5.41. The number of thioether (sulfide) groups is 1.